The van der Waals surface area contributed by atoms with Crippen molar-refractivity contribution in [3.8, 4) is 0 Å². The molecule has 18 heavy (non-hydrogen) atoms. The van der Waals surface area contributed by atoms with E-state index in [2.05, 4.69) is 21.4 Å². The van der Waals surface area contributed by atoms with Gasteiger partial charge in [-0.3, -0.25) is 5.84 Å². The van der Waals surface area contributed by atoms with Crippen LogP contribution in [0.1, 0.15) is 22.7 Å². The minimum Gasteiger partial charge on any atom is -0.271 e. The zero-order valence-electron chi connectivity index (χ0n) is 9.95. The van der Waals surface area contributed by atoms with Crippen LogP contribution in [-0.2, 0) is 0 Å². The number of nitrogens with two attached hydrogens (primary N) is 1. The Hall–Kier alpha value is -1.23. The average molecular weight is 309 g/mol. The molecule has 0 aliphatic carbocycles. The van der Waals surface area contributed by atoms with Gasteiger partial charge in [0.2, 0.25) is 0 Å². The molecule has 0 aliphatic heterocycles. The zero-order valence-corrected chi connectivity index (χ0v) is 11.5. The number of halogens is 2. The fourth-order valence-corrected chi connectivity index (χ4v) is 2.33. The monoisotopic (exact) mass is 308 g/mol. The molecule has 4 heteroatoms. The van der Waals surface area contributed by atoms with Gasteiger partial charge in [0.1, 0.15) is 5.82 Å². The zero-order chi connectivity index (χ0) is 13.1. The van der Waals surface area contributed by atoms with E-state index in [9.17, 15) is 4.39 Å². The molecular formula is C14H14BrFN2. The van der Waals surface area contributed by atoms with E-state index in [1.807, 2.05) is 31.2 Å². The maximum atomic E-state index is 14.0. The molecule has 1 atom stereocenters. The fraction of sp³-hybridized carbons (Fsp3) is 0.143. The topological polar surface area (TPSA) is 38.0 Å². The molecule has 0 radical (unpaired) electrons. The van der Waals surface area contributed by atoms with Crippen molar-refractivity contribution < 1.29 is 4.39 Å². The first-order valence-electron chi connectivity index (χ1n) is 5.60. The quantitative estimate of drug-likeness (QED) is 0.673. The van der Waals surface area contributed by atoms with E-state index in [0.29, 0.717) is 10.0 Å². The standard InChI is InChI=1S/C14H14BrFN2/c1-9-4-2-3-5-11(9)14(18-17)12-7-6-10(15)8-13(12)16/h2-8,14,18H,17H2,1H3. The normalized spacial score (nSPS) is 12.4. The lowest BCUT2D eigenvalue weighted by molar-refractivity contribution is 0.558. The average Bonchev–Trinajstić information content (AvgIpc) is 2.34. The molecule has 2 aromatic rings. The Morgan fingerprint density at radius 2 is 1.89 bits per heavy atom. The fourth-order valence-electron chi connectivity index (χ4n) is 1.99. The highest BCUT2D eigenvalue weighted by atomic mass is 79.9. The molecule has 0 saturated heterocycles. The van der Waals surface area contributed by atoms with Gasteiger partial charge in [0.05, 0.1) is 6.04 Å². The van der Waals surface area contributed by atoms with E-state index in [1.165, 1.54) is 6.07 Å². The molecule has 0 bridgehead atoms. The maximum absolute atomic E-state index is 14.0. The van der Waals surface area contributed by atoms with Crippen molar-refractivity contribution >= 4 is 15.9 Å². The van der Waals surface area contributed by atoms with Crippen LogP contribution in [0, 0.1) is 12.7 Å². The van der Waals surface area contributed by atoms with Crippen LogP contribution < -0.4 is 11.3 Å². The Labute approximate surface area is 114 Å². The van der Waals surface area contributed by atoms with Crippen LogP contribution in [0.4, 0.5) is 4.39 Å². The van der Waals surface area contributed by atoms with E-state index < -0.39 is 0 Å². The smallest absolute Gasteiger partial charge is 0.129 e. The first kappa shape index (κ1) is 13.2. The molecule has 2 nitrogen and oxygen atoms in total. The summed E-state index contributed by atoms with van der Waals surface area (Å²) in [4.78, 5) is 0. The van der Waals surface area contributed by atoms with E-state index in [-0.39, 0.29) is 11.9 Å². The SMILES string of the molecule is Cc1ccccc1C(NN)c1ccc(Br)cc1F. The highest BCUT2D eigenvalue weighted by Gasteiger charge is 2.18. The Bertz CT molecular complexity index is 557. The van der Waals surface area contributed by atoms with E-state index in [4.69, 9.17) is 5.84 Å². The van der Waals surface area contributed by atoms with Crippen molar-refractivity contribution in [3.05, 3.63) is 69.4 Å². The first-order chi connectivity index (χ1) is 8.63. The summed E-state index contributed by atoms with van der Waals surface area (Å²) in [5.74, 6) is 5.30. The van der Waals surface area contributed by atoms with Crippen molar-refractivity contribution in [2.24, 2.45) is 5.84 Å². The molecule has 1 unspecified atom stereocenters. The molecule has 0 saturated carbocycles. The summed E-state index contributed by atoms with van der Waals surface area (Å²) in [5, 5.41) is 0. The van der Waals surface area contributed by atoms with Gasteiger partial charge >= 0.3 is 0 Å². The highest BCUT2D eigenvalue weighted by molar-refractivity contribution is 9.10. The maximum Gasteiger partial charge on any atom is 0.129 e. The minimum absolute atomic E-state index is 0.282. The van der Waals surface area contributed by atoms with Crippen molar-refractivity contribution in [3.63, 3.8) is 0 Å². The molecule has 94 valence electrons. The van der Waals surface area contributed by atoms with Crippen molar-refractivity contribution in [1.29, 1.82) is 0 Å². The third-order valence-electron chi connectivity index (χ3n) is 2.94. The summed E-state index contributed by atoms with van der Waals surface area (Å²) in [6.07, 6.45) is 0. The molecule has 0 aliphatic rings. The predicted octanol–water partition coefficient (Wildman–Crippen LogP) is 3.45. The van der Waals surface area contributed by atoms with Crippen molar-refractivity contribution in [2.75, 3.05) is 0 Å². The molecule has 0 amide bonds. The van der Waals surface area contributed by atoms with Gasteiger partial charge in [-0.25, -0.2) is 9.82 Å². The van der Waals surface area contributed by atoms with Gasteiger partial charge in [0.25, 0.3) is 0 Å². The largest absolute Gasteiger partial charge is 0.271 e. The summed E-state index contributed by atoms with van der Waals surface area (Å²) < 4.78 is 14.7. The highest BCUT2D eigenvalue weighted by Crippen LogP contribution is 2.27. The van der Waals surface area contributed by atoms with Gasteiger partial charge < -0.3 is 0 Å². The number of rotatable bonds is 3. The van der Waals surface area contributed by atoms with Gasteiger partial charge in [-0.2, -0.15) is 0 Å². The predicted molar refractivity (Wildman–Crippen MR) is 74.4 cm³/mol. The summed E-state index contributed by atoms with van der Waals surface area (Å²) in [5.41, 5.74) is 5.26. The van der Waals surface area contributed by atoms with Crippen LogP contribution in [0.25, 0.3) is 0 Å². The third-order valence-corrected chi connectivity index (χ3v) is 3.43. The van der Waals surface area contributed by atoms with Crippen LogP contribution in [-0.4, -0.2) is 0 Å². The van der Waals surface area contributed by atoms with E-state index in [1.54, 1.807) is 12.1 Å². The lowest BCUT2D eigenvalue weighted by atomic mass is 9.95. The molecule has 0 aromatic heterocycles. The molecule has 0 spiro atoms. The van der Waals surface area contributed by atoms with Crippen LogP contribution >= 0.6 is 15.9 Å². The van der Waals surface area contributed by atoms with Gasteiger partial charge in [0, 0.05) is 10.0 Å². The second-order valence-electron chi connectivity index (χ2n) is 4.12. The Kier molecular flexibility index (Phi) is 4.11. The second-order valence-corrected chi connectivity index (χ2v) is 5.04. The number of hydrogen-bond donors (Lipinski definition) is 2. The summed E-state index contributed by atoms with van der Waals surface area (Å²) >= 11 is 3.25. The molecule has 0 fully saturated rings. The number of hydrogen-bond acceptors (Lipinski definition) is 2. The Balaban J connectivity index is 2.49. The van der Waals surface area contributed by atoms with Gasteiger partial charge in [0.15, 0.2) is 0 Å². The van der Waals surface area contributed by atoms with Crippen LogP contribution in [0.5, 0.6) is 0 Å². The molecule has 2 aromatic carbocycles. The number of aryl methyl sites for hydroxylation is 1. The van der Waals surface area contributed by atoms with E-state index in [0.717, 1.165) is 11.1 Å². The molecule has 0 heterocycles. The molecular weight excluding hydrogens is 295 g/mol. The molecule has 3 N–H and O–H groups in total. The number of nitrogens with one attached hydrogen (secondary N) is 1. The summed E-state index contributed by atoms with van der Waals surface area (Å²) in [6.45, 7) is 1.98. The van der Waals surface area contributed by atoms with Gasteiger partial charge in [-0.05, 0) is 30.2 Å². The summed E-state index contributed by atoms with van der Waals surface area (Å²) in [7, 11) is 0. The lowest BCUT2D eigenvalue weighted by Crippen LogP contribution is -2.30. The van der Waals surface area contributed by atoms with Crippen molar-refractivity contribution in [1.82, 2.24) is 5.43 Å². The first-order valence-corrected chi connectivity index (χ1v) is 6.39. The summed E-state index contributed by atoms with van der Waals surface area (Å²) in [6, 6.07) is 12.4. The van der Waals surface area contributed by atoms with Crippen LogP contribution in [0.2, 0.25) is 0 Å². The Morgan fingerprint density at radius 3 is 2.50 bits per heavy atom. The number of hydrazine groups is 1. The Morgan fingerprint density at radius 1 is 1.17 bits per heavy atom. The molecule has 2 rings (SSSR count). The second kappa shape index (κ2) is 5.61. The van der Waals surface area contributed by atoms with Crippen molar-refractivity contribution in [2.45, 2.75) is 13.0 Å². The number of benzene rings is 2. The minimum atomic E-state index is -0.348. The third kappa shape index (κ3) is 2.61. The van der Waals surface area contributed by atoms with Gasteiger partial charge in [-0.15, -0.1) is 0 Å². The van der Waals surface area contributed by atoms with Crippen LogP contribution in [0.15, 0.2) is 46.9 Å². The van der Waals surface area contributed by atoms with Gasteiger partial charge in [-0.1, -0.05) is 46.3 Å². The van der Waals surface area contributed by atoms with Crippen LogP contribution in [0.3, 0.4) is 0 Å². The lowest BCUT2D eigenvalue weighted by Gasteiger charge is -2.19. The van der Waals surface area contributed by atoms with E-state index >= 15 is 0 Å².